The fourth-order valence-electron chi connectivity index (χ4n) is 3.99. The van der Waals surface area contributed by atoms with Gasteiger partial charge in [0, 0.05) is 0 Å². The van der Waals surface area contributed by atoms with Gasteiger partial charge >= 0.3 is 226 Å². The number of hydrogen-bond donors (Lipinski definition) is 1. The van der Waals surface area contributed by atoms with Crippen LogP contribution in [0.5, 0.6) is 5.75 Å². The van der Waals surface area contributed by atoms with E-state index in [1.807, 2.05) is 19.1 Å². The van der Waals surface area contributed by atoms with Crippen LogP contribution in [0.1, 0.15) is 19.8 Å². The molecular formula is C26H27AsClFN4O4. The number of halogens is 2. The predicted octanol–water partition coefficient (Wildman–Crippen LogP) is 3.35. The molecule has 0 spiro atoms. The summed E-state index contributed by atoms with van der Waals surface area (Å²) < 4.78 is 25.6. The molecule has 194 valence electrons. The average molecular weight is 589 g/mol. The minimum absolute atomic E-state index is 0.00212. The van der Waals surface area contributed by atoms with Crippen LogP contribution in [0.3, 0.4) is 0 Å². The van der Waals surface area contributed by atoms with Gasteiger partial charge in [-0.15, -0.1) is 0 Å². The molecule has 37 heavy (non-hydrogen) atoms. The fourth-order valence-corrected chi connectivity index (χ4v) is 5.96. The number of carbonyl (C=O) groups is 2. The third kappa shape index (κ3) is 7.28. The summed E-state index contributed by atoms with van der Waals surface area (Å²) in [5.74, 6) is 0.426. The van der Waals surface area contributed by atoms with E-state index in [1.54, 1.807) is 6.07 Å². The van der Waals surface area contributed by atoms with Gasteiger partial charge in [-0.05, 0) is 0 Å². The number of rotatable bonds is 11. The first-order valence-corrected chi connectivity index (χ1v) is 14.3. The molecule has 2 aromatic carbocycles. The number of morpholine rings is 1. The van der Waals surface area contributed by atoms with Gasteiger partial charge in [-0.3, -0.25) is 0 Å². The van der Waals surface area contributed by atoms with Crippen molar-refractivity contribution < 1.29 is 23.5 Å². The summed E-state index contributed by atoms with van der Waals surface area (Å²) in [5.41, 5.74) is 1.21. The van der Waals surface area contributed by atoms with Gasteiger partial charge in [-0.25, -0.2) is 0 Å². The van der Waals surface area contributed by atoms with Crippen molar-refractivity contribution >= 4 is 64.7 Å². The molecular weight excluding hydrogens is 562 g/mol. The Bertz CT molecular complexity index is 1330. The Morgan fingerprint density at radius 3 is 2.95 bits per heavy atom. The number of fused-ring (bicyclic) bond motifs is 1. The molecule has 2 heterocycles. The van der Waals surface area contributed by atoms with Gasteiger partial charge in [0.1, 0.15) is 0 Å². The van der Waals surface area contributed by atoms with Crippen molar-refractivity contribution in [2.24, 2.45) is 0 Å². The van der Waals surface area contributed by atoms with Crippen LogP contribution in [0, 0.1) is 5.82 Å². The number of benzene rings is 2. The van der Waals surface area contributed by atoms with Crippen LogP contribution in [0.4, 0.5) is 15.9 Å². The molecule has 0 aliphatic carbocycles. The normalized spacial score (nSPS) is 16.2. The number of aromatic nitrogens is 2. The SMILES string of the molecule is C=CC(=O)[AsH]c1cc2c(Nc3ccc(F)c(Cl)c3)ncnc2cc1OCCCCN1CC(=O)O[C@@H](C)C1. The summed E-state index contributed by atoms with van der Waals surface area (Å²) in [7, 11) is 0. The number of nitrogens with zero attached hydrogens (tertiary/aromatic N) is 3. The zero-order chi connectivity index (χ0) is 26.4. The fraction of sp³-hybridized carbons (Fsp3) is 0.308. The van der Waals surface area contributed by atoms with Crippen LogP contribution < -0.4 is 14.4 Å². The van der Waals surface area contributed by atoms with Crippen LogP contribution in [-0.2, 0) is 14.3 Å². The number of allylic oxidation sites excluding steroid dienone is 1. The second kappa shape index (κ2) is 12.5. The molecule has 1 aromatic heterocycles. The number of ether oxygens (including phenoxy) is 2. The summed E-state index contributed by atoms with van der Waals surface area (Å²) in [6.07, 6.45) is 4.32. The third-order valence-electron chi connectivity index (χ3n) is 5.69. The Morgan fingerprint density at radius 1 is 1.35 bits per heavy atom. The van der Waals surface area contributed by atoms with Gasteiger partial charge in [-0.1, -0.05) is 0 Å². The Hall–Kier alpha value is -3.00. The Balaban J connectivity index is 1.48. The van der Waals surface area contributed by atoms with Crippen molar-refractivity contribution in [3.63, 3.8) is 0 Å². The molecule has 4 rings (SSSR count). The molecule has 2 atom stereocenters. The van der Waals surface area contributed by atoms with E-state index < -0.39 is 21.6 Å². The minimum atomic E-state index is -1.22. The van der Waals surface area contributed by atoms with Crippen molar-refractivity contribution in [2.75, 3.05) is 31.6 Å². The number of cyclic esters (lactones) is 1. The summed E-state index contributed by atoms with van der Waals surface area (Å²) in [6, 6.07) is 8.01. The van der Waals surface area contributed by atoms with Crippen molar-refractivity contribution in [3.8, 4) is 5.75 Å². The van der Waals surface area contributed by atoms with Crippen LogP contribution in [0.15, 0.2) is 49.3 Å². The van der Waals surface area contributed by atoms with E-state index in [0.29, 0.717) is 41.3 Å². The molecule has 1 unspecified atom stereocenters. The molecule has 1 aliphatic heterocycles. The molecule has 3 aromatic rings. The second-order valence-corrected chi connectivity index (χ2v) is 11.7. The molecule has 0 radical (unpaired) electrons. The van der Waals surface area contributed by atoms with Gasteiger partial charge in [0.2, 0.25) is 0 Å². The van der Waals surface area contributed by atoms with E-state index in [1.165, 1.54) is 24.5 Å². The summed E-state index contributed by atoms with van der Waals surface area (Å²) in [5, 5.41) is 3.86. The van der Waals surface area contributed by atoms with E-state index >= 15 is 0 Å². The van der Waals surface area contributed by atoms with Crippen LogP contribution in [-0.4, -0.2) is 73.5 Å². The van der Waals surface area contributed by atoms with Gasteiger partial charge in [-0.2, -0.15) is 0 Å². The summed E-state index contributed by atoms with van der Waals surface area (Å²) in [4.78, 5) is 34.7. The van der Waals surface area contributed by atoms with Gasteiger partial charge in [0.25, 0.3) is 0 Å². The van der Waals surface area contributed by atoms with E-state index in [2.05, 4.69) is 26.8 Å². The molecule has 0 bridgehead atoms. The number of hydrogen-bond acceptors (Lipinski definition) is 8. The Labute approximate surface area is 225 Å². The number of esters is 1. The quantitative estimate of drug-likeness (QED) is 0.158. The second-order valence-electron chi connectivity index (χ2n) is 8.63. The van der Waals surface area contributed by atoms with Crippen LogP contribution >= 0.6 is 11.6 Å². The predicted molar refractivity (Wildman–Crippen MR) is 143 cm³/mol. The number of anilines is 2. The van der Waals surface area contributed by atoms with Gasteiger partial charge < -0.3 is 0 Å². The van der Waals surface area contributed by atoms with Crippen LogP contribution in [0.2, 0.25) is 5.02 Å². The van der Waals surface area contributed by atoms with E-state index in [4.69, 9.17) is 21.1 Å². The van der Waals surface area contributed by atoms with Crippen molar-refractivity contribution in [1.82, 2.24) is 14.9 Å². The van der Waals surface area contributed by atoms with Gasteiger partial charge in [0.15, 0.2) is 0 Å². The van der Waals surface area contributed by atoms with Crippen molar-refractivity contribution in [1.29, 1.82) is 0 Å². The molecule has 1 fully saturated rings. The first kappa shape index (κ1) is 27.0. The number of carbonyl (C=O) groups excluding carboxylic acids is 2. The molecule has 1 saturated heterocycles. The zero-order valence-electron chi connectivity index (χ0n) is 20.3. The summed E-state index contributed by atoms with van der Waals surface area (Å²) >= 11 is 4.70. The van der Waals surface area contributed by atoms with E-state index in [0.717, 1.165) is 30.3 Å². The Morgan fingerprint density at radius 2 is 2.19 bits per heavy atom. The molecule has 0 saturated carbocycles. The van der Waals surface area contributed by atoms with Gasteiger partial charge in [0.05, 0.1) is 0 Å². The van der Waals surface area contributed by atoms with Crippen molar-refractivity contribution in [2.45, 2.75) is 25.9 Å². The monoisotopic (exact) mass is 588 g/mol. The average Bonchev–Trinajstić information content (AvgIpc) is 2.86. The summed E-state index contributed by atoms with van der Waals surface area (Å²) in [6.45, 7) is 7.79. The topological polar surface area (TPSA) is 93.6 Å². The molecule has 8 nitrogen and oxygen atoms in total. The maximum atomic E-state index is 13.6. The molecule has 0 amide bonds. The molecule has 11 heteroatoms. The first-order valence-electron chi connectivity index (χ1n) is 11.8. The van der Waals surface area contributed by atoms with E-state index in [9.17, 15) is 14.0 Å². The van der Waals surface area contributed by atoms with Crippen molar-refractivity contribution in [3.05, 3.63) is 60.2 Å². The molecule has 1 aliphatic rings. The number of nitrogens with one attached hydrogen (secondary N) is 1. The Kier molecular flexibility index (Phi) is 9.13. The first-order chi connectivity index (χ1) is 17.8. The standard InChI is InChI=1S/C26H27AsClFN4O4/c1-3-24(34)27-19-11-18-22(30-15-31-26(18)32-17-6-7-21(29)20(28)10-17)12-23(19)36-9-5-4-8-33-13-16(2)37-25(35)14-33/h3,6-7,10-12,15-16,27H,1,4-5,8-9,13-14H2,2H3,(H,30,31,32)/t16-/m0/s1. The third-order valence-corrected chi connectivity index (χ3v) is 8.31. The van der Waals surface area contributed by atoms with Crippen LogP contribution in [0.25, 0.3) is 10.9 Å². The zero-order valence-corrected chi connectivity index (χ0v) is 23.2. The molecule has 1 N–H and O–H groups in total. The maximum absolute atomic E-state index is 13.6. The number of unbranched alkanes of at least 4 members (excludes halogenated alkanes) is 1. The van der Waals surface area contributed by atoms with E-state index in [-0.39, 0.29) is 21.7 Å².